The van der Waals surface area contributed by atoms with Crippen LogP contribution in [-0.2, 0) is 33.2 Å². The van der Waals surface area contributed by atoms with Crippen LogP contribution in [0, 0.1) is 31.3 Å². The van der Waals surface area contributed by atoms with Crippen molar-refractivity contribution < 1.29 is 51.1 Å². The van der Waals surface area contributed by atoms with Crippen molar-refractivity contribution in [3.63, 3.8) is 0 Å². The molecule has 11 heteroatoms. The zero-order chi connectivity index (χ0) is 25.9. The summed E-state index contributed by atoms with van der Waals surface area (Å²) in [6.07, 6.45) is 0.738. The third kappa shape index (κ3) is 13.2. The highest BCUT2D eigenvalue weighted by molar-refractivity contribution is 5.72. The van der Waals surface area contributed by atoms with Crippen molar-refractivity contribution in [3.05, 3.63) is 28.6 Å². The van der Waals surface area contributed by atoms with Gasteiger partial charge in [0, 0.05) is 6.61 Å². The summed E-state index contributed by atoms with van der Waals surface area (Å²) in [5.41, 5.74) is -0.294. The number of carbonyl (C=O) groups is 1. The molecule has 1 aromatic rings. The van der Waals surface area contributed by atoms with Crippen molar-refractivity contribution >= 4 is 5.97 Å². The average molecular weight is 511 g/mol. The summed E-state index contributed by atoms with van der Waals surface area (Å²) in [7, 11) is 0. The van der Waals surface area contributed by atoms with E-state index < -0.39 is 29.2 Å². The van der Waals surface area contributed by atoms with Crippen LogP contribution in [0.2, 0.25) is 0 Å². The Morgan fingerprint density at radius 3 is 1.37 bits per heavy atom. The molecule has 0 radical (unpaired) electrons. The van der Waals surface area contributed by atoms with Gasteiger partial charge in [-0.3, -0.25) is 4.79 Å². The lowest BCUT2D eigenvalue weighted by Crippen LogP contribution is -2.16. The van der Waals surface area contributed by atoms with Gasteiger partial charge in [0.1, 0.15) is 0 Å². The molecule has 1 aromatic carbocycles. The first-order valence-electron chi connectivity index (χ1n) is 11.7. The molecule has 1 rings (SSSR count). The Hall–Kier alpha value is -1.76. The standard InChI is InChI=1S/C24H37F3O8/c1-4-6-29-8-10-31-12-14-33-16-17-34-15-13-32-11-9-30-7-5-20(28)35-24-22(26)19(3)18(2)21(25)23(24)27/h4-17H2,1-3H3. The highest BCUT2D eigenvalue weighted by Crippen LogP contribution is 2.30. The second kappa shape index (κ2) is 19.4. The fourth-order valence-corrected chi connectivity index (χ4v) is 2.62. The molecule has 0 saturated carbocycles. The van der Waals surface area contributed by atoms with E-state index in [1.807, 2.05) is 0 Å². The molecule has 0 atom stereocenters. The summed E-state index contributed by atoms with van der Waals surface area (Å²) < 4.78 is 78.2. The molecular formula is C24H37F3O8. The van der Waals surface area contributed by atoms with Crippen molar-refractivity contribution in [3.8, 4) is 5.75 Å². The van der Waals surface area contributed by atoms with Gasteiger partial charge in [-0.2, -0.15) is 4.39 Å². The van der Waals surface area contributed by atoms with Crippen LogP contribution in [-0.4, -0.2) is 85.3 Å². The van der Waals surface area contributed by atoms with E-state index >= 15 is 0 Å². The molecule has 0 aromatic heterocycles. The molecule has 202 valence electrons. The van der Waals surface area contributed by atoms with Crippen molar-refractivity contribution in [2.24, 2.45) is 0 Å². The van der Waals surface area contributed by atoms with Crippen molar-refractivity contribution in [2.45, 2.75) is 33.6 Å². The normalized spacial score (nSPS) is 11.3. The third-order valence-electron chi connectivity index (χ3n) is 4.69. The van der Waals surface area contributed by atoms with Gasteiger partial charge in [-0.25, -0.2) is 8.78 Å². The number of halogens is 3. The highest BCUT2D eigenvalue weighted by Gasteiger charge is 2.23. The SMILES string of the molecule is CCCOCCOCCOCCOCCOCCOCCC(=O)Oc1c(F)c(C)c(C)c(F)c1F. The Labute approximate surface area is 204 Å². The van der Waals surface area contributed by atoms with Gasteiger partial charge < -0.3 is 33.2 Å². The minimum absolute atomic E-state index is 0.0396. The van der Waals surface area contributed by atoms with Crippen LogP contribution < -0.4 is 4.74 Å². The van der Waals surface area contributed by atoms with Gasteiger partial charge in [0.05, 0.1) is 79.1 Å². The van der Waals surface area contributed by atoms with Crippen LogP contribution in [0.25, 0.3) is 0 Å². The van der Waals surface area contributed by atoms with E-state index in [-0.39, 0.29) is 37.4 Å². The van der Waals surface area contributed by atoms with Crippen molar-refractivity contribution in [1.82, 2.24) is 0 Å². The predicted octanol–water partition coefficient (Wildman–Crippen LogP) is 3.53. The molecule has 0 aliphatic heterocycles. The molecule has 8 nitrogen and oxygen atoms in total. The van der Waals surface area contributed by atoms with Gasteiger partial charge in [-0.15, -0.1) is 0 Å². The van der Waals surface area contributed by atoms with E-state index in [1.165, 1.54) is 13.8 Å². The van der Waals surface area contributed by atoms with Crippen LogP contribution in [0.15, 0.2) is 0 Å². The fraction of sp³-hybridized carbons (Fsp3) is 0.708. The molecule has 0 unspecified atom stereocenters. The van der Waals surface area contributed by atoms with Crippen LogP contribution >= 0.6 is 0 Å². The number of rotatable bonds is 21. The molecule has 0 saturated heterocycles. The maximum absolute atomic E-state index is 14.1. The Kier molecular flexibility index (Phi) is 17.4. The van der Waals surface area contributed by atoms with Gasteiger partial charge in [-0.05, 0) is 31.4 Å². The molecule has 0 spiro atoms. The minimum atomic E-state index is -1.53. The number of carbonyl (C=O) groups excluding carboxylic acids is 1. The van der Waals surface area contributed by atoms with Crippen molar-refractivity contribution in [1.29, 1.82) is 0 Å². The largest absolute Gasteiger partial charge is 0.420 e. The van der Waals surface area contributed by atoms with Gasteiger partial charge in [0.2, 0.25) is 11.6 Å². The van der Waals surface area contributed by atoms with Crippen LogP contribution in [0.3, 0.4) is 0 Å². The Bertz CT molecular complexity index is 704. The molecule has 0 fully saturated rings. The topological polar surface area (TPSA) is 81.7 Å². The van der Waals surface area contributed by atoms with Crippen LogP contribution in [0.5, 0.6) is 5.75 Å². The smallest absolute Gasteiger partial charge is 0.313 e. The van der Waals surface area contributed by atoms with E-state index in [4.69, 9.17) is 28.4 Å². The quantitative estimate of drug-likeness (QED) is 0.108. The van der Waals surface area contributed by atoms with E-state index in [0.717, 1.165) is 13.0 Å². The minimum Gasteiger partial charge on any atom is -0.420 e. The molecule has 0 amide bonds. The van der Waals surface area contributed by atoms with Gasteiger partial charge in [0.25, 0.3) is 0 Å². The second-order valence-electron chi connectivity index (χ2n) is 7.42. The number of hydrogen-bond donors (Lipinski definition) is 0. The summed E-state index contributed by atoms with van der Waals surface area (Å²) >= 11 is 0. The second-order valence-corrected chi connectivity index (χ2v) is 7.42. The van der Waals surface area contributed by atoms with Crippen molar-refractivity contribution in [2.75, 3.05) is 79.3 Å². The van der Waals surface area contributed by atoms with E-state index in [9.17, 15) is 18.0 Å². The Morgan fingerprint density at radius 2 is 0.943 bits per heavy atom. The van der Waals surface area contributed by atoms with Crippen LogP contribution in [0.1, 0.15) is 30.9 Å². The summed E-state index contributed by atoms with van der Waals surface area (Å²) in [5, 5.41) is 0. The number of hydrogen-bond acceptors (Lipinski definition) is 8. The maximum Gasteiger partial charge on any atom is 0.313 e. The first kappa shape index (κ1) is 31.3. The number of ether oxygens (including phenoxy) is 7. The molecule has 0 bridgehead atoms. The Balaban J connectivity index is 1.94. The monoisotopic (exact) mass is 510 g/mol. The molecule has 0 heterocycles. The number of benzene rings is 1. The lowest BCUT2D eigenvalue weighted by Gasteiger charge is -2.12. The third-order valence-corrected chi connectivity index (χ3v) is 4.69. The molecule has 0 N–H and O–H groups in total. The summed E-state index contributed by atoms with van der Waals surface area (Å²) in [4.78, 5) is 11.8. The molecule has 35 heavy (non-hydrogen) atoms. The highest BCUT2D eigenvalue weighted by atomic mass is 19.2. The summed E-state index contributed by atoms with van der Waals surface area (Å²) in [6.45, 7) is 9.56. The van der Waals surface area contributed by atoms with E-state index in [1.54, 1.807) is 0 Å². The summed E-state index contributed by atoms with van der Waals surface area (Å²) in [6, 6.07) is 0. The van der Waals surface area contributed by atoms with Gasteiger partial charge in [0.15, 0.2) is 11.6 Å². The summed E-state index contributed by atoms with van der Waals surface area (Å²) in [5.74, 6) is -5.85. The zero-order valence-corrected chi connectivity index (χ0v) is 20.8. The number of esters is 1. The van der Waals surface area contributed by atoms with Gasteiger partial charge in [-0.1, -0.05) is 6.92 Å². The molecule has 0 aliphatic carbocycles. The molecule has 0 aliphatic rings. The van der Waals surface area contributed by atoms with E-state index in [0.29, 0.717) is 52.9 Å². The lowest BCUT2D eigenvalue weighted by molar-refractivity contribution is -0.136. The first-order chi connectivity index (χ1) is 16.9. The zero-order valence-electron chi connectivity index (χ0n) is 20.8. The lowest BCUT2D eigenvalue weighted by atomic mass is 10.1. The van der Waals surface area contributed by atoms with Gasteiger partial charge >= 0.3 is 5.97 Å². The van der Waals surface area contributed by atoms with E-state index in [2.05, 4.69) is 11.7 Å². The maximum atomic E-state index is 14.1. The average Bonchev–Trinajstić information content (AvgIpc) is 2.85. The fourth-order valence-electron chi connectivity index (χ4n) is 2.62. The predicted molar refractivity (Wildman–Crippen MR) is 121 cm³/mol. The molecular weight excluding hydrogens is 473 g/mol. The first-order valence-corrected chi connectivity index (χ1v) is 11.7. The van der Waals surface area contributed by atoms with Crippen LogP contribution in [0.4, 0.5) is 13.2 Å². The Morgan fingerprint density at radius 1 is 0.571 bits per heavy atom.